The van der Waals surface area contributed by atoms with Crippen LogP contribution in [-0.2, 0) is 6.54 Å². The minimum atomic E-state index is 0.579. The molecule has 1 fully saturated rings. The molecule has 3 heterocycles. The molecule has 4 nitrogen and oxygen atoms in total. The normalized spacial score (nSPS) is 16.9. The van der Waals surface area contributed by atoms with E-state index in [-0.39, 0.29) is 0 Å². The summed E-state index contributed by atoms with van der Waals surface area (Å²) in [4.78, 5) is 14.6. The van der Waals surface area contributed by atoms with Crippen LogP contribution in [-0.4, -0.2) is 32.9 Å². The van der Waals surface area contributed by atoms with Crippen LogP contribution in [0.2, 0.25) is 0 Å². The summed E-state index contributed by atoms with van der Waals surface area (Å²) in [6.45, 7) is 5.40. The first-order valence-electron chi connectivity index (χ1n) is 8.35. The van der Waals surface area contributed by atoms with Crippen molar-refractivity contribution in [3.63, 3.8) is 0 Å². The second-order valence-electron chi connectivity index (χ2n) is 6.50. The summed E-state index contributed by atoms with van der Waals surface area (Å²) in [7, 11) is 0. The lowest BCUT2D eigenvalue weighted by atomic mass is 9.91. The zero-order valence-electron chi connectivity index (χ0n) is 13.5. The zero-order valence-corrected chi connectivity index (χ0v) is 13.5. The van der Waals surface area contributed by atoms with Crippen molar-refractivity contribution in [1.82, 2.24) is 19.9 Å². The Labute approximate surface area is 136 Å². The molecule has 1 N–H and O–H groups in total. The van der Waals surface area contributed by atoms with Gasteiger partial charge < -0.3 is 4.98 Å². The van der Waals surface area contributed by atoms with E-state index in [1.165, 1.54) is 40.6 Å². The number of fused-ring (bicyclic) bond motifs is 1. The van der Waals surface area contributed by atoms with Crippen LogP contribution in [0.3, 0.4) is 0 Å². The third kappa shape index (κ3) is 2.86. The van der Waals surface area contributed by atoms with Crippen molar-refractivity contribution in [1.29, 1.82) is 0 Å². The van der Waals surface area contributed by atoms with Crippen LogP contribution < -0.4 is 0 Å². The number of hydrogen-bond donors (Lipinski definition) is 1. The maximum Gasteiger partial charge on any atom is 0.115 e. The summed E-state index contributed by atoms with van der Waals surface area (Å²) in [6, 6.07) is 8.70. The van der Waals surface area contributed by atoms with Gasteiger partial charge in [-0.25, -0.2) is 9.97 Å². The number of para-hydroxylation sites is 1. The smallest absolute Gasteiger partial charge is 0.115 e. The van der Waals surface area contributed by atoms with Crippen LogP contribution >= 0.6 is 0 Å². The van der Waals surface area contributed by atoms with Crippen molar-refractivity contribution in [2.75, 3.05) is 13.1 Å². The van der Waals surface area contributed by atoms with Gasteiger partial charge in [-0.3, -0.25) is 4.90 Å². The summed E-state index contributed by atoms with van der Waals surface area (Å²) in [6.07, 6.45) is 8.00. The van der Waals surface area contributed by atoms with Gasteiger partial charge in [0.25, 0.3) is 0 Å². The molecule has 23 heavy (non-hydrogen) atoms. The van der Waals surface area contributed by atoms with Gasteiger partial charge in [-0.15, -0.1) is 0 Å². The van der Waals surface area contributed by atoms with E-state index in [1.807, 2.05) is 12.4 Å². The van der Waals surface area contributed by atoms with Crippen LogP contribution in [0, 0.1) is 6.92 Å². The molecular weight excluding hydrogens is 284 g/mol. The Kier molecular flexibility index (Phi) is 3.83. The molecular formula is C19H22N4. The number of aryl methyl sites for hydroxylation is 1. The molecule has 1 aliphatic rings. The Bertz CT molecular complexity index is 800. The van der Waals surface area contributed by atoms with Crippen molar-refractivity contribution in [3.05, 3.63) is 59.8 Å². The second kappa shape index (κ2) is 6.13. The number of nitrogens with zero attached hydrogens (tertiary/aromatic N) is 3. The monoisotopic (exact) mass is 306 g/mol. The minimum absolute atomic E-state index is 0.579. The third-order valence-electron chi connectivity index (χ3n) is 4.98. The fraction of sp³-hybridized carbons (Fsp3) is 0.368. The Morgan fingerprint density at radius 1 is 1.22 bits per heavy atom. The van der Waals surface area contributed by atoms with E-state index in [1.54, 1.807) is 6.33 Å². The molecule has 4 rings (SSSR count). The SMILES string of the molecule is Cc1cncnc1C1CCN(Cc2cccc3cc[nH]c23)CC1. The highest BCUT2D eigenvalue weighted by Crippen LogP contribution is 2.29. The third-order valence-corrected chi connectivity index (χ3v) is 4.98. The predicted octanol–water partition coefficient (Wildman–Crippen LogP) is 3.65. The fourth-order valence-corrected chi connectivity index (χ4v) is 3.72. The molecule has 0 unspecified atom stereocenters. The summed E-state index contributed by atoms with van der Waals surface area (Å²) < 4.78 is 0. The molecule has 118 valence electrons. The maximum atomic E-state index is 4.51. The quantitative estimate of drug-likeness (QED) is 0.803. The summed E-state index contributed by atoms with van der Waals surface area (Å²) in [5.41, 5.74) is 5.14. The summed E-state index contributed by atoms with van der Waals surface area (Å²) >= 11 is 0. The number of aromatic nitrogens is 3. The number of H-pyrrole nitrogens is 1. The lowest BCUT2D eigenvalue weighted by Gasteiger charge is -2.32. The van der Waals surface area contributed by atoms with Gasteiger partial charge in [-0.1, -0.05) is 18.2 Å². The van der Waals surface area contributed by atoms with Crippen molar-refractivity contribution in [2.24, 2.45) is 0 Å². The first-order valence-corrected chi connectivity index (χ1v) is 8.35. The molecule has 1 aromatic carbocycles. The Hall–Kier alpha value is -2.20. The topological polar surface area (TPSA) is 44.8 Å². The Morgan fingerprint density at radius 3 is 2.91 bits per heavy atom. The van der Waals surface area contributed by atoms with Gasteiger partial charge >= 0.3 is 0 Å². The Morgan fingerprint density at radius 2 is 2.09 bits per heavy atom. The number of likely N-dealkylation sites (tertiary alicyclic amines) is 1. The molecule has 0 bridgehead atoms. The largest absolute Gasteiger partial charge is 0.361 e. The predicted molar refractivity (Wildman–Crippen MR) is 92.3 cm³/mol. The van der Waals surface area contributed by atoms with Crippen molar-refractivity contribution < 1.29 is 0 Å². The molecule has 0 amide bonds. The molecule has 3 aromatic rings. The highest BCUT2D eigenvalue weighted by Gasteiger charge is 2.23. The van der Waals surface area contributed by atoms with Crippen LogP contribution in [0.15, 0.2) is 43.0 Å². The summed E-state index contributed by atoms with van der Waals surface area (Å²) in [5.74, 6) is 0.579. The van der Waals surface area contributed by atoms with Crippen molar-refractivity contribution in [2.45, 2.75) is 32.2 Å². The van der Waals surface area contributed by atoms with E-state index in [0.717, 1.165) is 19.6 Å². The molecule has 0 aliphatic carbocycles. The van der Waals surface area contributed by atoms with E-state index < -0.39 is 0 Å². The maximum absolute atomic E-state index is 4.51. The number of aromatic amines is 1. The molecule has 0 saturated carbocycles. The molecule has 1 aliphatic heterocycles. The van der Waals surface area contributed by atoms with Gasteiger partial charge in [0.1, 0.15) is 6.33 Å². The molecule has 4 heteroatoms. The molecule has 2 aromatic heterocycles. The number of nitrogens with one attached hydrogen (secondary N) is 1. The first kappa shape index (κ1) is 14.4. The zero-order chi connectivity index (χ0) is 15.6. The van der Waals surface area contributed by atoms with Crippen LogP contribution in [0.5, 0.6) is 0 Å². The fourth-order valence-electron chi connectivity index (χ4n) is 3.72. The second-order valence-corrected chi connectivity index (χ2v) is 6.50. The lowest BCUT2D eigenvalue weighted by Crippen LogP contribution is -2.33. The lowest BCUT2D eigenvalue weighted by molar-refractivity contribution is 0.203. The van der Waals surface area contributed by atoms with Crippen LogP contribution in [0.25, 0.3) is 10.9 Å². The average molecular weight is 306 g/mol. The highest BCUT2D eigenvalue weighted by atomic mass is 15.1. The standard InChI is InChI=1S/C19H22N4/c1-14-11-20-13-22-18(14)16-6-9-23(10-7-16)12-17-4-2-3-15-5-8-21-19(15)17/h2-5,8,11,13,16,21H,6-7,9-10,12H2,1H3. The van der Waals surface area contributed by atoms with E-state index in [9.17, 15) is 0 Å². The van der Waals surface area contributed by atoms with Gasteiger partial charge in [0.2, 0.25) is 0 Å². The van der Waals surface area contributed by atoms with Gasteiger partial charge in [-0.2, -0.15) is 0 Å². The molecule has 0 atom stereocenters. The number of benzene rings is 1. The molecule has 1 saturated heterocycles. The van der Waals surface area contributed by atoms with Gasteiger partial charge in [-0.05, 0) is 55.4 Å². The first-order chi connectivity index (χ1) is 11.3. The van der Waals surface area contributed by atoms with E-state index in [0.29, 0.717) is 5.92 Å². The van der Waals surface area contributed by atoms with Gasteiger partial charge in [0, 0.05) is 36.1 Å². The van der Waals surface area contributed by atoms with Crippen LogP contribution in [0.1, 0.15) is 35.6 Å². The number of hydrogen-bond acceptors (Lipinski definition) is 3. The molecule has 0 spiro atoms. The number of rotatable bonds is 3. The summed E-state index contributed by atoms with van der Waals surface area (Å²) in [5, 5.41) is 1.30. The Balaban J connectivity index is 1.44. The van der Waals surface area contributed by atoms with Gasteiger partial charge in [0.05, 0.1) is 0 Å². The minimum Gasteiger partial charge on any atom is -0.361 e. The highest BCUT2D eigenvalue weighted by molar-refractivity contribution is 5.82. The van der Waals surface area contributed by atoms with E-state index in [2.05, 4.69) is 51.0 Å². The number of piperidine rings is 1. The van der Waals surface area contributed by atoms with E-state index >= 15 is 0 Å². The van der Waals surface area contributed by atoms with Crippen molar-refractivity contribution >= 4 is 10.9 Å². The molecule has 0 radical (unpaired) electrons. The van der Waals surface area contributed by atoms with Crippen molar-refractivity contribution in [3.8, 4) is 0 Å². The van der Waals surface area contributed by atoms with Gasteiger partial charge in [0.15, 0.2) is 0 Å². The average Bonchev–Trinajstić information content (AvgIpc) is 3.06. The van der Waals surface area contributed by atoms with Crippen LogP contribution in [0.4, 0.5) is 0 Å². The van der Waals surface area contributed by atoms with E-state index in [4.69, 9.17) is 0 Å².